The number of rotatable bonds is 6. The van der Waals surface area contributed by atoms with E-state index >= 15 is 0 Å². The number of thiazole rings is 1. The quantitative estimate of drug-likeness (QED) is 0.703. The van der Waals surface area contributed by atoms with Gasteiger partial charge in [0, 0.05) is 24.4 Å². The molecule has 0 aliphatic heterocycles. The molecule has 0 radical (unpaired) electrons. The third-order valence-electron chi connectivity index (χ3n) is 4.94. The van der Waals surface area contributed by atoms with E-state index in [0.29, 0.717) is 6.54 Å². The van der Waals surface area contributed by atoms with Gasteiger partial charge in [-0.3, -0.25) is 0 Å². The Morgan fingerprint density at radius 3 is 3.08 bits per heavy atom. The molecular formula is C18H25N3O2S. The van der Waals surface area contributed by atoms with Crippen LogP contribution in [0.1, 0.15) is 37.6 Å². The Morgan fingerprint density at radius 2 is 2.29 bits per heavy atom. The van der Waals surface area contributed by atoms with E-state index in [4.69, 9.17) is 0 Å². The maximum atomic E-state index is 12.0. The Morgan fingerprint density at radius 1 is 1.46 bits per heavy atom. The number of hydrogen-bond donors (Lipinski definition) is 3. The second-order valence-corrected chi connectivity index (χ2v) is 7.95. The van der Waals surface area contributed by atoms with Gasteiger partial charge in [0.15, 0.2) is 0 Å². The van der Waals surface area contributed by atoms with Gasteiger partial charge in [0.25, 0.3) is 0 Å². The molecule has 0 spiro atoms. The van der Waals surface area contributed by atoms with Crippen molar-refractivity contribution < 1.29 is 9.90 Å². The summed E-state index contributed by atoms with van der Waals surface area (Å²) in [6.07, 6.45) is 4.70. The summed E-state index contributed by atoms with van der Waals surface area (Å²) in [5.74, 6) is 0. The Bertz CT molecular complexity index is 669. The normalized spacial score (nSPS) is 23.5. The number of aliphatic hydroxyl groups is 1. The van der Waals surface area contributed by atoms with Crippen molar-refractivity contribution in [2.75, 3.05) is 13.2 Å². The third kappa shape index (κ3) is 3.87. The minimum atomic E-state index is -0.182. The van der Waals surface area contributed by atoms with Crippen molar-refractivity contribution in [2.24, 2.45) is 5.41 Å². The predicted octanol–water partition coefficient (Wildman–Crippen LogP) is 3.08. The summed E-state index contributed by atoms with van der Waals surface area (Å²) in [6, 6.07) is 8.07. The van der Waals surface area contributed by atoms with Crippen LogP contribution in [0.25, 0.3) is 10.2 Å². The molecule has 130 valence electrons. The average Bonchev–Trinajstić information content (AvgIpc) is 3.15. The number of fused-ring (bicyclic) bond motifs is 1. The predicted molar refractivity (Wildman–Crippen MR) is 97.3 cm³/mol. The van der Waals surface area contributed by atoms with Crippen LogP contribution >= 0.6 is 11.3 Å². The highest BCUT2D eigenvalue weighted by molar-refractivity contribution is 7.18. The standard InChI is InChI=1S/C18H25N3O2S/c1-18(12-22)10-4-8-15(18)21-17(23)19-11-5-9-16-20-13-6-2-3-7-14(13)24-16/h2-3,6-7,15,22H,4-5,8-12H2,1H3,(H2,19,21,23). The molecule has 1 aromatic heterocycles. The number of aryl methyl sites for hydroxylation is 1. The fourth-order valence-electron chi connectivity index (χ4n) is 3.35. The summed E-state index contributed by atoms with van der Waals surface area (Å²) < 4.78 is 1.21. The largest absolute Gasteiger partial charge is 0.396 e. The van der Waals surface area contributed by atoms with Gasteiger partial charge in [-0.15, -0.1) is 11.3 Å². The van der Waals surface area contributed by atoms with Crippen LogP contribution in [0.2, 0.25) is 0 Å². The molecule has 1 aliphatic rings. The molecule has 1 aliphatic carbocycles. The van der Waals surface area contributed by atoms with Gasteiger partial charge in [0.2, 0.25) is 0 Å². The topological polar surface area (TPSA) is 74.2 Å². The van der Waals surface area contributed by atoms with E-state index in [1.54, 1.807) is 11.3 Å². The van der Waals surface area contributed by atoms with Gasteiger partial charge in [0.1, 0.15) is 0 Å². The Hall–Kier alpha value is -1.66. The maximum Gasteiger partial charge on any atom is 0.315 e. The van der Waals surface area contributed by atoms with Crippen LogP contribution in [0.3, 0.4) is 0 Å². The first kappa shape index (κ1) is 17.2. The number of carbonyl (C=O) groups excluding carboxylic acids is 1. The molecule has 1 aromatic carbocycles. The molecule has 1 fully saturated rings. The highest BCUT2D eigenvalue weighted by Gasteiger charge is 2.38. The first-order valence-corrected chi connectivity index (χ1v) is 9.42. The molecule has 6 heteroatoms. The lowest BCUT2D eigenvalue weighted by atomic mass is 9.86. The molecular weight excluding hydrogens is 322 g/mol. The van der Waals surface area contributed by atoms with Crippen LogP contribution in [0, 0.1) is 5.41 Å². The van der Waals surface area contributed by atoms with Crippen molar-refractivity contribution in [3.63, 3.8) is 0 Å². The lowest BCUT2D eigenvalue weighted by Gasteiger charge is -2.30. The minimum absolute atomic E-state index is 0.0618. The van der Waals surface area contributed by atoms with Crippen molar-refractivity contribution in [1.82, 2.24) is 15.6 Å². The zero-order valence-electron chi connectivity index (χ0n) is 14.0. The van der Waals surface area contributed by atoms with Crippen molar-refractivity contribution in [3.05, 3.63) is 29.3 Å². The van der Waals surface area contributed by atoms with E-state index in [-0.39, 0.29) is 24.1 Å². The van der Waals surface area contributed by atoms with E-state index in [0.717, 1.165) is 42.6 Å². The summed E-state index contributed by atoms with van der Waals surface area (Å²) in [5, 5.41) is 16.6. The number of para-hydroxylation sites is 1. The van der Waals surface area contributed by atoms with E-state index in [2.05, 4.69) is 21.7 Å². The summed E-state index contributed by atoms with van der Waals surface area (Å²) in [7, 11) is 0. The minimum Gasteiger partial charge on any atom is -0.396 e. The number of amides is 2. The molecule has 3 rings (SSSR count). The average molecular weight is 347 g/mol. The number of aliphatic hydroxyl groups excluding tert-OH is 1. The van der Waals surface area contributed by atoms with Crippen LogP contribution in [0.15, 0.2) is 24.3 Å². The molecule has 2 unspecified atom stereocenters. The number of nitrogens with one attached hydrogen (secondary N) is 2. The second kappa shape index (κ2) is 7.49. The molecule has 24 heavy (non-hydrogen) atoms. The number of urea groups is 1. The van der Waals surface area contributed by atoms with E-state index < -0.39 is 0 Å². The van der Waals surface area contributed by atoms with Gasteiger partial charge in [-0.25, -0.2) is 9.78 Å². The summed E-state index contributed by atoms with van der Waals surface area (Å²) in [6.45, 7) is 2.79. The Balaban J connectivity index is 1.40. The second-order valence-electron chi connectivity index (χ2n) is 6.84. The number of aromatic nitrogens is 1. The lowest BCUT2D eigenvalue weighted by molar-refractivity contribution is 0.121. The van der Waals surface area contributed by atoms with Gasteiger partial charge >= 0.3 is 6.03 Å². The lowest BCUT2D eigenvalue weighted by Crippen LogP contribution is -2.48. The number of nitrogens with zero attached hydrogens (tertiary/aromatic N) is 1. The third-order valence-corrected chi connectivity index (χ3v) is 6.04. The smallest absolute Gasteiger partial charge is 0.315 e. The molecule has 1 heterocycles. The van der Waals surface area contributed by atoms with Crippen molar-refractivity contribution in [3.8, 4) is 0 Å². The Labute approximate surface area is 146 Å². The van der Waals surface area contributed by atoms with Gasteiger partial charge in [-0.1, -0.05) is 25.5 Å². The molecule has 2 atom stereocenters. The molecule has 2 amide bonds. The van der Waals surface area contributed by atoms with Gasteiger partial charge < -0.3 is 15.7 Å². The molecule has 0 bridgehead atoms. The molecule has 3 N–H and O–H groups in total. The number of carbonyl (C=O) groups is 1. The summed E-state index contributed by atoms with van der Waals surface area (Å²) >= 11 is 1.72. The van der Waals surface area contributed by atoms with E-state index in [1.807, 2.05) is 25.1 Å². The molecule has 0 saturated heterocycles. The van der Waals surface area contributed by atoms with Gasteiger partial charge in [0.05, 0.1) is 21.8 Å². The Kier molecular flexibility index (Phi) is 5.36. The number of benzene rings is 1. The fraction of sp³-hybridized carbons (Fsp3) is 0.556. The van der Waals surface area contributed by atoms with Crippen molar-refractivity contribution in [2.45, 2.75) is 45.1 Å². The van der Waals surface area contributed by atoms with Crippen LogP contribution in [-0.2, 0) is 6.42 Å². The number of hydrogen-bond acceptors (Lipinski definition) is 4. The van der Waals surface area contributed by atoms with Crippen LogP contribution in [-0.4, -0.2) is 35.3 Å². The van der Waals surface area contributed by atoms with E-state index in [9.17, 15) is 9.90 Å². The van der Waals surface area contributed by atoms with Crippen molar-refractivity contribution in [1.29, 1.82) is 0 Å². The first-order chi connectivity index (χ1) is 11.6. The molecule has 5 nitrogen and oxygen atoms in total. The monoisotopic (exact) mass is 347 g/mol. The summed E-state index contributed by atoms with van der Waals surface area (Å²) in [4.78, 5) is 16.6. The van der Waals surface area contributed by atoms with Crippen LogP contribution in [0.5, 0.6) is 0 Å². The van der Waals surface area contributed by atoms with Gasteiger partial charge in [-0.2, -0.15) is 0 Å². The maximum absolute atomic E-state index is 12.0. The van der Waals surface area contributed by atoms with Gasteiger partial charge in [-0.05, 0) is 31.4 Å². The van der Waals surface area contributed by atoms with Crippen LogP contribution in [0.4, 0.5) is 4.79 Å². The zero-order valence-corrected chi connectivity index (χ0v) is 14.9. The SMILES string of the molecule is CC1(CO)CCCC1NC(=O)NCCCc1nc2ccccc2s1. The highest BCUT2D eigenvalue weighted by atomic mass is 32.1. The highest BCUT2D eigenvalue weighted by Crippen LogP contribution is 2.37. The fourth-order valence-corrected chi connectivity index (χ4v) is 4.36. The zero-order chi connectivity index (χ0) is 17.0. The van der Waals surface area contributed by atoms with E-state index in [1.165, 1.54) is 4.70 Å². The van der Waals surface area contributed by atoms with Crippen molar-refractivity contribution >= 4 is 27.6 Å². The first-order valence-electron chi connectivity index (χ1n) is 8.60. The molecule has 1 saturated carbocycles. The summed E-state index contributed by atoms with van der Waals surface area (Å²) in [5.41, 5.74) is 0.867. The van der Waals surface area contributed by atoms with Crippen LogP contribution < -0.4 is 10.6 Å². The molecule has 2 aromatic rings.